The van der Waals surface area contributed by atoms with Crippen molar-refractivity contribution in [1.82, 2.24) is 5.32 Å². The lowest BCUT2D eigenvalue weighted by Gasteiger charge is -2.28. The van der Waals surface area contributed by atoms with E-state index in [1.54, 1.807) is 38.1 Å². The Labute approximate surface area is 152 Å². The number of hydrogen-bond donors (Lipinski definition) is 4. The fourth-order valence-electron chi connectivity index (χ4n) is 1.85. The van der Waals surface area contributed by atoms with Crippen LogP contribution in [0.1, 0.15) is 29.8 Å². The van der Waals surface area contributed by atoms with Crippen LogP contribution < -0.4 is 11.1 Å². The Morgan fingerprint density at radius 2 is 1.88 bits per heavy atom. The van der Waals surface area contributed by atoms with Crippen molar-refractivity contribution in [3.8, 4) is 23.7 Å². The quantitative estimate of drug-likeness (QED) is 0.412. The summed E-state index contributed by atoms with van der Waals surface area (Å²) in [6.45, 7) is 2.77. The monoisotopic (exact) mass is 358 g/mol. The minimum atomic E-state index is -1.12. The third-order valence-electron chi connectivity index (χ3n) is 3.28. The number of methoxy groups -OCH3 is 1. The zero-order valence-electron chi connectivity index (χ0n) is 14.9. The van der Waals surface area contributed by atoms with Gasteiger partial charge >= 0.3 is 5.97 Å². The van der Waals surface area contributed by atoms with Gasteiger partial charge in [-0.2, -0.15) is 0 Å². The SMILES string of the molecule is COC(=O)C(NC(=O)c1ccc(C#CC#CC(O)CO)cc1)C(C)(C)N. The zero-order valence-corrected chi connectivity index (χ0v) is 14.9. The van der Waals surface area contributed by atoms with Crippen molar-refractivity contribution in [3.63, 3.8) is 0 Å². The first-order chi connectivity index (χ1) is 12.2. The second-order valence-electron chi connectivity index (χ2n) is 6.05. The van der Waals surface area contributed by atoms with Crippen molar-refractivity contribution in [2.75, 3.05) is 13.7 Å². The predicted molar refractivity (Wildman–Crippen MR) is 95.7 cm³/mol. The summed E-state index contributed by atoms with van der Waals surface area (Å²) in [6.07, 6.45) is -1.12. The minimum Gasteiger partial charge on any atom is -0.467 e. The fourth-order valence-corrected chi connectivity index (χ4v) is 1.85. The molecule has 2 atom stereocenters. The Kier molecular flexibility index (Phi) is 7.82. The topological polar surface area (TPSA) is 122 Å². The molecule has 138 valence electrons. The summed E-state index contributed by atoms with van der Waals surface area (Å²) in [6, 6.07) is 5.34. The van der Waals surface area contributed by atoms with E-state index >= 15 is 0 Å². The number of rotatable bonds is 5. The first-order valence-corrected chi connectivity index (χ1v) is 7.77. The van der Waals surface area contributed by atoms with Crippen LogP contribution in [0.3, 0.4) is 0 Å². The fraction of sp³-hybridized carbons (Fsp3) is 0.368. The third-order valence-corrected chi connectivity index (χ3v) is 3.28. The average Bonchev–Trinajstić information content (AvgIpc) is 2.61. The molecular formula is C19H22N2O5. The Morgan fingerprint density at radius 1 is 1.27 bits per heavy atom. The van der Waals surface area contributed by atoms with Gasteiger partial charge in [0.25, 0.3) is 5.91 Å². The molecule has 2 unspecified atom stereocenters. The van der Waals surface area contributed by atoms with Gasteiger partial charge in [-0.25, -0.2) is 4.79 Å². The molecule has 0 heterocycles. The van der Waals surface area contributed by atoms with Crippen LogP contribution in [-0.2, 0) is 9.53 Å². The maximum atomic E-state index is 12.3. The van der Waals surface area contributed by atoms with E-state index < -0.39 is 36.2 Å². The molecule has 26 heavy (non-hydrogen) atoms. The Morgan fingerprint density at radius 3 is 2.38 bits per heavy atom. The molecule has 0 radical (unpaired) electrons. The number of aliphatic hydroxyl groups excluding tert-OH is 2. The van der Waals surface area contributed by atoms with Crippen LogP contribution >= 0.6 is 0 Å². The molecule has 1 aromatic rings. The van der Waals surface area contributed by atoms with Gasteiger partial charge in [0.1, 0.15) is 12.1 Å². The largest absolute Gasteiger partial charge is 0.467 e. The van der Waals surface area contributed by atoms with Gasteiger partial charge in [-0.1, -0.05) is 11.8 Å². The van der Waals surface area contributed by atoms with Gasteiger partial charge in [0.15, 0.2) is 0 Å². The van der Waals surface area contributed by atoms with Gasteiger partial charge in [0.2, 0.25) is 0 Å². The third kappa shape index (κ3) is 6.58. The highest BCUT2D eigenvalue weighted by Gasteiger charge is 2.34. The Bertz CT molecular complexity index is 758. The van der Waals surface area contributed by atoms with Crippen LogP contribution in [0.25, 0.3) is 0 Å². The average molecular weight is 358 g/mol. The standard InChI is InChI=1S/C19H22N2O5/c1-19(2,20)16(18(25)26-3)21-17(24)14-10-8-13(9-11-14)6-4-5-7-15(23)12-22/h8-11,15-16,22-23H,12,20H2,1-3H3,(H,21,24). The van der Waals surface area contributed by atoms with Crippen molar-refractivity contribution >= 4 is 11.9 Å². The van der Waals surface area contributed by atoms with Gasteiger partial charge < -0.3 is 26.0 Å². The van der Waals surface area contributed by atoms with Gasteiger partial charge in [-0.3, -0.25) is 4.79 Å². The molecule has 0 spiro atoms. The predicted octanol–water partition coefficient (Wildman–Crippen LogP) is -0.597. The molecule has 7 nitrogen and oxygen atoms in total. The number of aliphatic hydroxyl groups is 2. The molecule has 0 aliphatic heterocycles. The summed E-state index contributed by atoms with van der Waals surface area (Å²) in [7, 11) is 1.23. The number of carbonyl (C=O) groups is 2. The van der Waals surface area contributed by atoms with Crippen molar-refractivity contribution in [1.29, 1.82) is 0 Å². The number of amides is 1. The van der Waals surface area contributed by atoms with E-state index in [2.05, 4.69) is 33.7 Å². The molecule has 7 heteroatoms. The molecular weight excluding hydrogens is 336 g/mol. The lowest BCUT2D eigenvalue weighted by molar-refractivity contribution is -0.144. The summed E-state index contributed by atoms with van der Waals surface area (Å²) in [5.74, 6) is 8.94. The number of ether oxygens (including phenoxy) is 1. The molecule has 0 fully saturated rings. The molecule has 1 amide bonds. The molecule has 0 saturated carbocycles. The van der Waals surface area contributed by atoms with E-state index in [0.717, 1.165) is 0 Å². The number of nitrogens with one attached hydrogen (secondary N) is 1. The molecule has 1 aromatic carbocycles. The van der Waals surface area contributed by atoms with Crippen LogP contribution in [0.5, 0.6) is 0 Å². The number of nitrogens with two attached hydrogens (primary N) is 1. The molecule has 0 aromatic heterocycles. The van der Waals surface area contributed by atoms with E-state index in [1.165, 1.54) is 7.11 Å². The van der Waals surface area contributed by atoms with Crippen LogP contribution in [0.2, 0.25) is 0 Å². The highest BCUT2D eigenvalue weighted by atomic mass is 16.5. The second-order valence-corrected chi connectivity index (χ2v) is 6.05. The first kappa shape index (κ1) is 21.2. The van der Waals surface area contributed by atoms with Crippen LogP contribution in [0.4, 0.5) is 0 Å². The lowest BCUT2D eigenvalue weighted by Crippen LogP contribution is -2.59. The van der Waals surface area contributed by atoms with Crippen LogP contribution in [-0.4, -0.2) is 53.5 Å². The first-order valence-electron chi connectivity index (χ1n) is 7.77. The van der Waals surface area contributed by atoms with Crippen LogP contribution in [0, 0.1) is 23.7 Å². The molecule has 0 saturated heterocycles. The van der Waals surface area contributed by atoms with E-state index in [0.29, 0.717) is 11.1 Å². The zero-order chi connectivity index (χ0) is 19.7. The highest BCUT2D eigenvalue weighted by molar-refractivity contribution is 5.97. The van der Waals surface area contributed by atoms with Crippen molar-refractivity contribution in [2.45, 2.75) is 31.5 Å². The summed E-state index contributed by atoms with van der Waals surface area (Å²) in [5.41, 5.74) is 5.87. The van der Waals surface area contributed by atoms with E-state index in [4.69, 9.17) is 15.9 Å². The van der Waals surface area contributed by atoms with E-state index in [1.807, 2.05) is 0 Å². The summed E-state index contributed by atoms with van der Waals surface area (Å²) < 4.78 is 4.68. The van der Waals surface area contributed by atoms with E-state index in [-0.39, 0.29) is 0 Å². The van der Waals surface area contributed by atoms with Gasteiger partial charge in [0.05, 0.1) is 13.7 Å². The number of benzene rings is 1. The van der Waals surface area contributed by atoms with Crippen molar-refractivity contribution in [3.05, 3.63) is 35.4 Å². The van der Waals surface area contributed by atoms with Crippen molar-refractivity contribution in [2.24, 2.45) is 5.73 Å². The van der Waals surface area contributed by atoms with Crippen LogP contribution in [0.15, 0.2) is 24.3 Å². The maximum absolute atomic E-state index is 12.3. The molecule has 0 aliphatic rings. The second kappa shape index (κ2) is 9.59. The molecule has 1 rings (SSSR count). The van der Waals surface area contributed by atoms with Gasteiger partial charge in [-0.05, 0) is 50.0 Å². The normalized spacial score (nSPS) is 12.5. The lowest BCUT2D eigenvalue weighted by atomic mass is 9.95. The van der Waals surface area contributed by atoms with E-state index in [9.17, 15) is 9.59 Å². The molecule has 5 N–H and O–H groups in total. The molecule has 0 bridgehead atoms. The summed E-state index contributed by atoms with van der Waals surface area (Å²) in [5, 5.41) is 20.2. The highest BCUT2D eigenvalue weighted by Crippen LogP contribution is 2.10. The molecule has 0 aliphatic carbocycles. The number of hydrogen-bond acceptors (Lipinski definition) is 6. The Hall–Kier alpha value is -2.84. The summed E-state index contributed by atoms with van der Waals surface area (Å²) >= 11 is 0. The summed E-state index contributed by atoms with van der Waals surface area (Å²) in [4.78, 5) is 24.1. The van der Waals surface area contributed by atoms with Gasteiger partial charge in [0, 0.05) is 16.7 Å². The minimum absolute atomic E-state index is 0.329. The number of esters is 1. The smallest absolute Gasteiger partial charge is 0.330 e. The number of carbonyl (C=O) groups excluding carboxylic acids is 2. The van der Waals surface area contributed by atoms with Gasteiger partial charge in [-0.15, -0.1) is 0 Å². The van der Waals surface area contributed by atoms with Crippen molar-refractivity contribution < 1.29 is 24.5 Å². The Balaban J connectivity index is 2.84. The maximum Gasteiger partial charge on any atom is 0.330 e.